The largest absolute Gasteiger partial charge is 0.444 e. The molecule has 1 aliphatic rings. The minimum absolute atomic E-state index is 0.202. The van der Waals surface area contributed by atoms with Gasteiger partial charge < -0.3 is 9.64 Å². The van der Waals surface area contributed by atoms with Crippen LogP contribution in [0.3, 0.4) is 0 Å². The molecule has 1 saturated heterocycles. The van der Waals surface area contributed by atoms with Crippen molar-refractivity contribution in [3.63, 3.8) is 0 Å². The van der Waals surface area contributed by atoms with Gasteiger partial charge in [0.15, 0.2) is 0 Å². The van der Waals surface area contributed by atoms with Crippen molar-refractivity contribution in [2.24, 2.45) is 0 Å². The molecule has 2 heterocycles. The normalized spacial score (nSPS) is 19.3. The van der Waals surface area contributed by atoms with Crippen molar-refractivity contribution in [2.75, 3.05) is 20.1 Å². The average Bonchev–Trinajstić information content (AvgIpc) is 2.46. The third kappa shape index (κ3) is 4.98. The molecule has 0 N–H and O–H groups in total. The maximum atomic E-state index is 12.2. The quantitative estimate of drug-likeness (QED) is 0.861. The number of likely N-dealkylation sites (tertiary alicyclic amines) is 1. The second-order valence-electron chi connectivity index (χ2n) is 7.00. The van der Waals surface area contributed by atoms with E-state index >= 15 is 0 Å². The van der Waals surface area contributed by atoms with Crippen LogP contribution < -0.4 is 0 Å². The monoisotopic (exact) mass is 305 g/mol. The van der Waals surface area contributed by atoms with Gasteiger partial charge in [-0.2, -0.15) is 0 Å². The Balaban J connectivity index is 1.91. The Morgan fingerprint density at radius 3 is 2.91 bits per heavy atom. The number of aromatic nitrogens is 1. The SMILES string of the molecule is CN(Cc1cccnc1)[C@@H]1CCCN(C(=O)OC(C)(C)C)C1. The molecule has 2 rings (SSSR count). The van der Waals surface area contributed by atoms with E-state index in [0.717, 1.165) is 32.5 Å². The molecule has 0 aromatic carbocycles. The number of nitrogens with zero attached hydrogens (tertiary/aromatic N) is 3. The lowest BCUT2D eigenvalue weighted by Crippen LogP contribution is -2.49. The summed E-state index contributed by atoms with van der Waals surface area (Å²) in [6.07, 6.45) is 5.60. The molecule has 1 aromatic rings. The Morgan fingerprint density at radius 1 is 1.50 bits per heavy atom. The van der Waals surface area contributed by atoms with E-state index in [2.05, 4.69) is 23.0 Å². The van der Waals surface area contributed by atoms with E-state index in [1.165, 1.54) is 5.56 Å². The van der Waals surface area contributed by atoms with Crippen LogP contribution in [0.5, 0.6) is 0 Å². The van der Waals surface area contributed by atoms with Gasteiger partial charge in [0, 0.05) is 38.1 Å². The molecule has 0 spiro atoms. The van der Waals surface area contributed by atoms with Crippen molar-refractivity contribution in [3.8, 4) is 0 Å². The third-order valence-corrected chi connectivity index (χ3v) is 3.83. The fraction of sp³-hybridized carbons (Fsp3) is 0.647. The molecule has 0 unspecified atom stereocenters. The van der Waals surface area contributed by atoms with Gasteiger partial charge in [0.2, 0.25) is 0 Å². The number of carbonyl (C=O) groups is 1. The summed E-state index contributed by atoms with van der Waals surface area (Å²) in [5, 5.41) is 0. The van der Waals surface area contributed by atoms with Crippen LogP contribution in [-0.4, -0.2) is 52.7 Å². The maximum Gasteiger partial charge on any atom is 0.410 e. The third-order valence-electron chi connectivity index (χ3n) is 3.83. The first kappa shape index (κ1) is 16.7. The standard InChI is InChI=1S/C17H27N3O2/c1-17(2,3)22-16(21)20-10-6-8-15(13-20)19(4)12-14-7-5-9-18-11-14/h5,7,9,11,15H,6,8,10,12-13H2,1-4H3/t15-/m1/s1. The van der Waals surface area contributed by atoms with Crippen molar-refractivity contribution >= 4 is 6.09 Å². The van der Waals surface area contributed by atoms with E-state index in [9.17, 15) is 4.79 Å². The molecule has 1 atom stereocenters. The van der Waals surface area contributed by atoms with Crippen LogP contribution in [0.15, 0.2) is 24.5 Å². The number of carbonyl (C=O) groups excluding carboxylic acids is 1. The molecular weight excluding hydrogens is 278 g/mol. The molecule has 0 saturated carbocycles. The number of amides is 1. The van der Waals surface area contributed by atoms with Gasteiger partial charge in [0.05, 0.1) is 0 Å². The zero-order valence-corrected chi connectivity index (χ0v) is 14.1. The molecule has 0 bridgehead atoms. The second kappa shape index (κ2) is 7.09. The van der Waals surface area contributed by atoms with Gasteiger partial charge in [0.1, 0.15) is 5.60 Å². The predicted octanol–water partition coefficient (Wildman–Crippen LogP) is 2.91. The number of ether oxygens (including phenoxy) is 1. The number of piperidine rings is 1. The molecule has 1 aromatic heterocycles. The van der Waals surface area contributed by atoms with Crippen molar-refractivity contribution in [2.45, 2.75) is 51.8 Å². The summed E-state index contributed by atoms with van der Waals surface area (Å²) in [6, 6.07) is 4.40. The number of hydrogen-bond acceptors (Lipinski definition) is 4. The maximum absolute atomic E-state index is 12.2. The highest BCUT2D eigenvalue weighted by atomic mass is 16.6. The van der Waals surface area contributed by atoms with Crippen LogP contribution in [0.1, 0.15) is 39.2 Å². The second-order valence-corrected chi connectivity index (χ2v) is 7.00. The molecule has 5 heteroatoms. The van der Waals surface area contributed by atoms with E-state index in [4.69, 9.17) is 4.74 Å². The number of rotatable bonds is 3. The minimum atomic E-state index is -0.439. The molecule has 1 aliphatic heterocycles. The fourth-order valence-corrected chi connectivity index (χ4v) is 2.72. The lowest BCUT2D eigenvalue weighted by atomic mass is 10.0. The smallest absolute Gasteiger partial charge is 0.410 e. The van der Waals surface area contributed by atoms with E-state index in [1.807, 2.05) is 37.9 Å². The Hall–Kier alpha value is -1.62. The molecule has 122 valence electrons. The number of likely N-dealkylation sites (N-methyl/N-ethyl adjacent to an activating group) is 1. The predicted molar refractivity (Wildman–Crippen MR) is 86.5 cm³/mol. The number of hydrogen-bond donors (Lipinski definition) is 0. The van der Waals surface area contributed by atoms with Gasteiger partial charge in [-0.1, -0.05) is 6.07 Å². The highest BCUT2D eigenvalue weighted by Gasteiger charge is 2.29. The molecule has 0 aliphatic carbocycles. The van der Waals surface area contributed by atoms with Crippen LogP contribution in [0.4, 0.5) is 4.79 Å². The van der Waals surface area contributed by atoms with E-state index < -0.39 is 5.60 Å². The van der Waals surface area contributed by atoms with Crippen molar-refractivity contribution in [1.82, 2.24) is 14.8 Å². The Kier molecular flexibility index (Phi) is 5.40. The lowest BCUT2D eigenvalue weighted by Gasteiger charge is -2.38. The molecule has 1 fully saturated rings. The van der Waals surface area contributed by atoms with E-state index in [1.54, 1.807) is 6.20 Å². The molecule has 0 radical (unpaired) electrons. The summed E-state index contributed by atoms with van der Waals surface area (Å²) < 4.78 is 5.48. The molecule has 1 amide bonds. The van der Waals surface area contributed by atoms with Crippen molar-refractivity contribution < 1.29 is 9.53 Å². The van der Waals surface area contributed by atoms with Gasteiger partial charge in [-0.05, 0) is 52.3 Å². The summed E-state index contributed by atoms with van der Waals surface area (Å²) >= 11 is 0. The van der Waals surface area contributed by atoms with E-state index in [-0.39, 0.29) is 6.09 Å². The van der Waals surface area contributed by atoms with Gasteiger partial charge in [-0.25, -0.2) is 4.79 Å². The van der Waals surface area contributed by atoms with Crippen LogP contribution in [0.25, 0.3) is 0 Å². The van der Waals surface area contributed by atoms with Crippen molar-refractivity contribution in [1.29, 1.82) is 0 Å². The minimum Gasteiger partial charge on any atom is -0.444 e. The lowest BCUT2D eigenvalue weighted by molar-refractivity contribution is 0.0121. The van der Waals surface area contributed by atoms with E-state index in [0.29, 0.717) is 6.04 Å². The first-order valence-electron chi connectivity index (χ1n) is 7.92. The molecule has 22 heavy (non-hydrogen) atoms. The first-order valence-corrected chi connectivity index (χ1v) is 7.92. The van der Waals surface area contributed by atoms with Gasteiger partial charge in [-0.3, -0.25) is 9.88 Å². The highest BCUT2D eigenvalue weighted by molar-refractivity contribution is 5.68. The van der Waals surface area contributed by atoms with Gasteiger partial charge in [-0.15, -0.1) is 0 Å². The van der Waals surface area contributed by atoms with Gasteiger partial charge >= 0.3 is 6.09 Å². The Morgan fingerprint density at radius 2 is 2.27 bits per heavy atom. The topological polar surface area (TPSA) is 45.7 Å². The highest BCUT2D eigenvalue weighted by Crippen LogP contribution is 2.19. The summed E-state index contributed by atoms with van der Waals surface area (Å²) in [4.78, 5) is 20.5. The summed E-state index contributed by atoms with van der Waals surface area (Å²) in [5.41, 5.74) is 0.755. The first-order chi connectivity index (χ1) is 10.3. The van der Waals surface area contributed by atoms with Crippen LogP contribution in [-0.2, 0) is 11.3 Å². The zero-order chi connectivity index (χ0) is 16.2. The van der Waals surface area contributed by atoms with Gasteiger partial charge in [0.25, 0.3) is 0 Å². The van der Waals surface area contributed by atoms with Crippen molar-refractivity contribution in [3.05, 3.63) is 30.1 Å². The fourth-order valence-electron chi connectivity index (χ4n) is 2.72. The Labute approximate surface area is 133 Å². The van der Waals surface area contributed by atoms with Crippen LogP contribution in [0.2, 0.25) is 0 Å². The molecular formula is C17H27N3O2. The Bertz CT molecular complexity index is 484. The summed E-state index contributed by atoms with van der Waals surface area (Å²) in [5.74, 6) is 0. The van der Waals surface area contributed by atoms with Crippen LogP contribution >= 0.6 is 0 Å². The van der Waals surface area contributed by atoms with Crippen LogP contribution in [0, 0.1) is 0 Å². The summed E-state index contributed by atoms with van der Waals surface area (Å²) in [7, 11) is 2.11. The number of pyridine rings is 1. The zero-order valence-electron chi connectivity index (χ0n) is 14.1. The molecule has 5 nitrogen and oxygen atoms in total. The average molecular weight is 305 g/mol. The summed E-state index contributed by atoms with van der Waals surface area (Å²) in [6.45, 7) is 8.07.